The molecule has 0 saturated heterocycles. The van der Waals surface area contributed by atoms with Crippen LogP contribution < -0.4 is 5.73 Å². The summed E-state index contributed by atoms with van der Waals surface area (Å²) in [5.41, 5.74) is 6.84. The third-order valence-corrected chi connectivity index (χ3v) is 2.51. The maximum absolute atomic E-state index is 8.92. The zero-order chi connectivity index (χ0) is 11.4. The second kappa shape index (κ2) is 4.60. The monoisotopic (exact) mass is 212 g/mol. The van der Waals surface area contributed by atoms with Gasteiger partial charge in [-0.1, -0.05) is 30.3 Å². The summed E-state index contributed by atoms with van der Waals surface area (Å²) in [7, 11) is 0. The van der Waals surface area contributed by atoms with Crippen molar-refractivity contribution in [2.45, 2.75) is 6.04 Å². The molecule has 4 heteroatoms. The number of nitrogens with zero attached hydrogens (tertiary/aromatic N) is 3. The predicted octanol–water partition coefficient (Wildman–Crippen LogP) is 1.30. The maximum atomic E-state index is 8.92. The molecule has 1 atom stereocenters. The molecule has 0 saturated carbocycles. The average Bonchev–Trinajstić information content (AvgIpc) is 2.80. The molecule has 0 fully saturated rings. The van der Waals surface area contributed by atoms with E-state index in [1.165, 1.54) is 0 Å². The van der Waals surface area contributed by atoms with Crippen molar-refractivity contribution in [3.63, 3.8) is 0 Å². The molecule has 0 amide bonds. The lowest BCUT2D eigenvalue weighted by Crippen LogP contribution is -2.21. The molecule has 0 aliphatic heterocycles. The molecule has 0 spiro atoms. The quantitative estimate of drug-likeness (QED) is 0.833. The molecule has 4 nitrogen and oxygen atoms in total. The zero-order valence-electron chi connectivity index (χ0n) is 8.74. The smallest absolute Gasteiger partial charge is 0.213 e. The van der Waals surface area contributed by atoms with Gasteiger partial charge < -0.3 is 10.3 Å². The first kappa shape index (κ1) is 10.4. The van der Waals surface area contributed by atoms with Crippen LogP contribution in [0.25, 0.3) is 0 Å². The van der Waals surface area contributed by atoms with Gasteiger partial charge in [-0.15, -0.1) is 0 Å². The van der Waals surface area contributed by atoms with Crippen molar-refractivity contribution in [2.24, 2.45) is 5.73 Å². The molecule has 80 valence electrons. The fraction of sp³-hybridized carbons (Fsp3) is 0.167. The van der Waals surface area contributed by atoms with Crippen LogP contribution in [0, 0.1) is 11.3 Å². The Kier molecular flexibility index (Phi) is 2.99. The Bertz CT molecular complexity index is 495. The summed E-state index contributed by atoms with van der Waals surface area (Å²) in [6.45, 7) is 0.440. The minimum Gasteiger partial charge on any atom is -0.328 e. The Morgan fingerprint density at radius 3 is 2.75 bits per heavy atom. The van der Waals surface area contributed by atoms with E-state index in [2.05, 4.69) is 11.1 Å². The van der Waals surface area contributed by atoms with Gasteiger partial charge in [0.2, 0.25) is 5.82 Å². The number of imidazole rings is 1. The van der Waals surface area contributed by atoms with Crippen molar-refractivity contribution < 1.29 is 0 Å². The van der Waals surface area contributed by atoms with Gasteiger partial charge in [0.05, 0.1) is 6.04 Å². The van der Waals surface area contributed by atoms with E-state index < -0.39 is 0 Å². The molecule has 0 radical (unpaired) electrons. The lowest BCUT2D eigenvalue weighted by atomic mass is 10.1. The lowest BCUT2D eigenvalue weighted by Gasteiger charge is -2.17. The minimum atomic E-state index is -0.0293. The summed E-state index contributed by atoms with van der Waals surface area (Å²) < 4.78 is 1.80. The van der Waals surface area contributed by atoms with E-state index in [1.807, 2.05) is 30.3 Å². The largest absolute Gasteiger partial charge is 0.328 e. The van der Waals surface area contributed by atoms with Crippen molar-refractivity contribution in [1.82, 2.24) is 9.55 Å². The van der Waals surface area contributed by atoms with Gasteiger partial charge in [0.1, 0.15) is 6.07 Å². The van der Waals surface area contributed by atoms with Gasteiger partial charge in [-0.25, -0.2) is 4.98 Å². The first-order valence-corrected chi connectivity index (χ1v) is 5.04. The van der Waals surface area contributed by atoms with Gasteiger partial charge >= 0.3 is 0 Å². The van der Waals surface area contributed by atoms with Gasteiger partial charge in [0.15, 0.2) is 0 Å². The van der Waals surface area contributed by atoms with E-state index in [1.54, 1.807) is 17.0 Å². The number of rotatable bonds is 3. The van der Waals surface area contributed by atoms with Crippen LogP contribution in [0.4, 0.5) is 0 Å². The van der Waals surface area contributed by atoms with Crippen LogP contribution in [-0.4, -0.2) is 16.1 Å². The van der Waals surface area contributed by atoms with Crippen LogP contribution in [-0.2, 0) is 0 Å². The molecule has 0 aliphatic carbocycles. The summed E-state index contributed by atoms with van der Waals surface area (Å²) in [5.74, 6) is 0.388. The first-order chi connectivity index (χ1) is 7.86. The summed E-state index contributed by atoms with van der Waals surface area (Å²) >= 11 is 0. The third-order valence-electron chi connectivity index (χ3n) is 2.51. The van der Waals surface area contributed by atoms with Gasteiger partial charge in [0, 0.05) is 18.9 Å². The fourth-order valence-corrected chi connectivity index (χ4v) is 1.74. The van der Waals surface area contributed by atoms with Crippen LogP contribution in [0.5, 0.6) is 0 Å². The van der Waals surface area contributed by atoms with Crippen molar-refractivity contribution in [3.05, 3.63) is 54.1 Å². The lowest BCUT2D eigenvalue weighted by molar-refractivity contribution is 0.587. The Labute approximate surface area is 94.0 Å². The molecule has 1 unspecified atom stereocenters. The van der Waals surface area contributed by atoms with Gasteiger partial charge in [0.25, 0.3) is 0 Å². The molecule has 2 aromatic rings. The van der Waals surface area contributed by atoms with E-state index in [4.69, 9.17) is 11.0 Å². The Hall–Kier alpha value is -2.12. The van der Waals surface area contributed by atoms with Crippen molar-refractivity contribution in [3.8, 4) is 6.07 Å². The number of nitrogens with two attached hydrogens (primary N) is 1. The SMILES string of the molecule is N#Cc1nccn1C(CN)c1ccccc1. The van der Waals surface area contributed by atoms with E-state index in [9.17, 15) is 0 Å². The number of hydrogen-bond donors (Lipinski definition) is 1. The molecule has 1 aromatic carbocycles. The summed E-state index contributed by atoms with van der Waals surface area (Å²) in [6.07, 6.45) is 3.40. The Balaban J connectivity index is 2.42. The molecule has 0 bridgehead atoms. The molecular formula is C12H12N4. The summed E-state index contributed by atoms with van der Waals surface area (Å²) in [4.78, 5) is 3.98. The highest BCUT2D eigenvalue weighted by Gasteiger charge is 2.14. The maximum Gasteiger partial charge on any atom is 0.213 e. The molecule has 2 rings (SSSR count). The highest BCUT2D eigenvalue weighted by Crippen LogP contribution is 2.18. The van der Waals surface area contributed by atoms with Gasteiger partial charge in [-0.2, -0.15) is 5.26 Å². The van der Waals surface area contributed by atoms with E-state index in [-0.39, 0.29) is 6.04 Å². The fourth-order valence-electron chi connectivity index (χ4n) is 1.74. The van der Waals surface area contributed by atoms with Gasteiger partial charge in [-0.3, -0.25) is 0 Å². The standard InChI is InChI=1S/C12H12N4/c13-8-11(10-4-2-1-3-5-10)16-7-6-15-12(16)9-14/h1-7,11H,8,13H2. The molecule has 1 heterocycles. The molecule has 16 heavy (non-hydrogen) atoms. The molecular weight excluding hydrogens is 200 g/mol. The first-order valence-electron chi connectivity index (χ1n) is 5.04. The van der Waals surface area contributed by atoms with Crippen LogP contribution in [0.1, 0.15) is 17.4 Å². The third kappa shape index (κ3) is 1.81. The average molecular weight is 212 g/mol. The Morgan fingerprint density at radius 1 is 1.38 bits per heavy atom. The van der Waals surface area contributed by atoms with Gasteiger partial charge in [-0.05, 0) is 5.56 Å². The molecule has 1 aromatic heterocycles. The minimum absolute atomic E-state index is 0.0293. The second-order valence-electron chi connectivity index (χ2n) is 3.43. The van der Waals surface area contributed by atoms with Crippen molar-refractivity contribution in [2.75, 3.05) is 6.54 Å². The molecule has 2 N–H and O–H groups in total. The number of nitriles is 1. The normalized spacial score (nSPS) is 12.0. The van der Waals surface area contributed by atoms with E-state index >= 15 is 0 Å². The number of hydrogen-bond acceptors (Lipinski definition) is 3. The predicted molar refractivity (Wildman–Crippen MR) is 60.6 cm³/mol. The zero-order valence-corrected chi connectivity index (χ0v) is 8.74. The van der Waals surface area contributed by atoms with Crippen LogP contribution in [0.2, 0.25) is 0 Å². The summed E-state index contributed by atoms with van der Waals surface area (Å²) in [5, 5.41) is 8.92. The van der Waals surface area contributed by atoms with Crippen molar-refractivity contribution >= 4 is 0 Å². The van der Waals surface area contributed by atoms with E-state index in [0.717, 1.165) is 5.56 Å². The summed E-state index contributed by atoms with van der Waals surface area (Å²) in [6, 6.07) is 11.9. The highest BCUT2D eigenvalue weighted by atomic mass is 15.1. The second-order valence-corrected chi connectivity index (χ2v) is 3.43. The number of benzene rings is 1. The topological polar surface area (TPSA) is 67.6 Å². The number of aromatic nitrogens is 2. The van der Waals surface area contributed by atoms with Crippen LogP contribution in [0.3, 0.4) is 0 Å². The molecule has 0 aliphatic rings. The highest BCUT2D eigenvalue weighted by molar-refractivity contribution is 5.23. The van der Waals surface area contributed by atoms with E-state index in [0.29, 0.717) is 12.4 Å². The van der Waals surface area contributed by atoms with Crippen LogP contribution >= 0.6 is 0 Å². The van der Waals surface area contributed by atoms with Crippen molar-refractivity contribution in [1.29, 1.82) is 5.26 Å². The Morgan fingerprint density at radius 2 is 2.12 bits per heavy atom. The van der Waals surface area contributed by atoms with Crippen LogP contribution in [0.15, 0.2) is 42.7 Å².